The minimum Gasteiger partial charge on any atom is -0.336 e. The Morgan fingerprint density at radius 3 is 2.31 bits per heavy atom. The summed E-state index contributed by atoms with van der Waals surface area (Å²) in [5.41, 5.74) is 2.82. The second-order valence-corrected chi connectivity index (χ2v) is 7.02. The molecule has 4 rings (SSSR count). The van der Waals surface area contributed by atoms with Crippen LogP contribution in [-0.2, 0) is 11.2 Å². The van der Waals surface area contributed by atoms with E-state index in [2.05, 4.69) is 11.1 Å². The zero-order valence-electron chi connectivity index (χ0n) is 14.4. The van der Waals surface area contributed by atoms with Crippen molar-refractivity contribution in [3.8, 4) is 0 Å². The average Bonchev–Trinajstić information content (AvgIpc) is 2.68. The number of hydrazine groups is 1. The van der Waals surface area contributed by atoms with Gasteiger partial charge in [-0.3, -0.25) is 9.59 Å². The summed E-state index contributed by atoms with van der Waals surface area (Å²) in [6.07, 6.45) is 1.32. The number of carbonyl (C=O) groups is 2. The van der Waals surface area contributed by atoms with Crippen molar-refractivity contribution in [3.05, 3.63) is 64.7 Å². The fraction of sp³-hybridized carbons (Fsp3) is 0.300. The van der Waals surface area contributed by atoms with Crippen LogP contribution in [0.5, 0.6) is 0 Å². The third-order valence-corrected chi connectivity index (χ3v) is 5.23. The number of hydrogen-bond acceptors (Lipinski definition) is 3. The van der Waals surface area contributed by atoms with Crippen LogP contribution >= 0.6 is 11.6 Å². The molecule has 0 atom stereocenters. The number of carbonyl (C=O) groups excluding carboxylic acids is 2. The molecule has 2 heterocycles. The zero-order chi connectivity index (χ0) is 18.1. The summed E-state index contributed by atoms with van der Waals surface area (Å²) in [5, 5.41) is 4.49. The van der Waals surface area contributed by atoms with E-state index >= 15 is 0 Å². The first-order valence-corrected chi connectivity index (χ1v) is 9.22. The van der Waals surface area contributed by atoms with Crippen LogP contribution in [0.3, 0.4) is 0 Å². The maximum atomic E-state index is 12.6. The lowest BCUT2D eigenvalue weighted by atomic mass is 10.0. The Bertz CT molecular complexity index is 829. The van der Waals surface area contributed by atoms with E-state index in [1.807, 2.05) is 28.1 Å². The zero-order valence-corrected chi connectivity index (χ0v) is 15.2. The number of rotatable bonds is 2. The van der Waals surface area contributed by atoms with E-state index in [9.17, 15) is 9.59 Å². The van der Waals surface area contributed by atoms with Gasteiger partial charge in [0.15, 0.2) is 0 Å². The highest BCUT2D eigenvalue weighted by molar-refractivity contribution is 6.30. The van der Waals surface area contributed by atoms with Crippen LogP contribution in [0.4, 0.5) is 5.69 Å². The summed E-state index contributed by atoms with van der Waals surface area (Å²) < 4.78 is 0. The molecule has 5 nitrogen and oxygen atoms in total. The van der Waals surface area contributed by atoms with Crippen LogP contribution in [0.25, 0.3) is 0 Å². The molecule has 0 aromatic heterocycles. The van der Waals surface area contributed by atoms with E-state index in [0.29, 0.717) is 43.2 Å². The van der Waals surface area contributed by atoms with Crippen molar-refractivity contribution in [1.82, 2.24) is 9.91 Å². The first-order valence-electron chi connectivity index (χ1n) is 8.84. The molecule has 6 heteroatoms. The summed E-state index contributed by atoms with van der Waals surface area (Å²) in [5.74, 6) is 0.132. The second-order valence-electron chi connectivity index (χ2n) is 6.59. The molecule has 0 spiro atoms. The fourth-order valence-corrected chi connectivity index (χ4v) is 3.72. The third kappa shape index (κ3) is 3.20. The predicted octanol–water partition coefficient (Wildman–Crippen LogP) is 2.99. The van der Waals surface area contributed by atoms with E-state index < -0.39 is 0 Å². The van der Waals surface area contributed by atoms with Gasteiger partial charge < -0.3 is 4.90 Å². The first kappa shape index (κ1) is 17.1. The minimum absolute atomic E-state index is 0.00619. The maximum absolute atomic E-state index is 12.6. The SMILES string of the molecule is O=C(c1ccc(Cl)cc1)N1CCN(N2C(=O)CCc3ccccc32)CC1. The summed E-state index contributed by atoms with van der Waals surface area (Å²) in [7, 11) is 0. The van der Waals surface area contributed by atoms with E-state index in [4.69, 9.17) is 11.6 Å². The van der Waals surface area contributed by atoms with Gasteiger partial charge in [-0.25, -0.2) is 10.0 Å². The van der Waals surface area contributed by atoms with Crippen molar-refractivity contribution in [2.24, 2.45) is 0 Å². The molecular formula is C20H20ClN3O2. The number of fused-ring (bicyclic) bond motifs is 1. The van der Waals surface area contributed by atoms with Crippen molar-refractivity contribution in [2.45, 2.75) is 12.8 Å². The largest absolute Gasteiger partial charge is 0.336 e. The standard InChI is InChI=1S/C20H20ClN3O2/c21-17-8-5-16(6-9-17)20(26)22-11-13-23(14-12-22)24-18-4-2-1-3-15(18)7-10-19(24)25/h1-6,8-9H,7,10-14H2. The van der Waals surface area contributed by atoms with Crippen LogP contribution < -0.4 is 5.01 Å². The van der Waals surface area contributed by atoms with E-state index in [0.717, 1.165) is 12.1 Å². The molecule has 0 saturated carbocycles. The molecule has 0 bridgehead atoms. The normalized spacial score (nSPS) is 18.0. The van der Waals surface area contributed by atoms with Crippen molar-refractivity contribution in [3.63, 3.8) is 0 Å². The number of amides is 2. The van der Waals surface area contributed by atoms with Crippen LogP contribution in [0, 0.1) is 0 Å². The lowest BCUT2D eigenvalue weighted by Crippen LogP contribution is -2.57. The van der Waals surface area contributed by atoms with Gasteiger partial charge in [-0.15, -0.1) is 0 Å². The number of para-hydroxylation sites is 1. The van der Waals surface area contributed by atoms with Gasteiger partial charge in [-0.05, 0) is 42.3 Å². The monoisotopic (exact) mass is 369 g/mol. The molecule has 2 aliphatic heterocycles. The molecule has 0 N–H and O–H groups in total. The van der Waals surface area contributed by atoms with Gasteiger partial charge in [0, 0.05) is 43.2 Å². The molecule has 1 fully saturated rings. The molecule has 0 unspecified atom stereocenters. The van der Waals surface area contributed by atoms with Crippen molar-refractivity contribution in [1.29, 1.82) is 0 Å². The molecule has 26 heavy (non-hydrogen) atoms. The summed E-state index contributed by atoms with van der Waals surface area (Å²) in [4.78, 5) is 27.0. The van der Waals surface area contributed by atoms with Gasteiger partial charge in [0.25, 0.3) is 5.91 Å². The molecule has 0 aliphatic carbocycles. The number of hydrogen-bond donors (Lipinski definition) is 0. The van der Waals surface area contributed by atoms with Crippen molar-refractivity contribution in [2.75, 3.05) is 31.2 Å². The quantitative estimate of drug-likeness (QED) is 0.817. The Morgan fingerprint density at radius 2 is 1.58 bits per heavy atom. The maximum Gasteiger partial charge on any atom is 0.253 e. The number of anilines is 1. The Kier molecular flexibility index (Phi) is 4.66. The highest BCUT2D eigenvalue weighted by Gasteiger charge is 2.32. The van der Waals surface area contributed by atoms with Gasteiger partial charge >= 0.3 is 0 Å². The molecule has 2 aromatic rings. The van der Waals surface area contributed by atoms with Gasteiger partial charge in [-0.1, -0.05) is 29.8 Å². The van der Waals surface area contributed by atoms with Gasteiger partial charge in [0.2, 0.25) is 5.91 Å². The fourth-order valence-electron chi connectivity index (χ4n) is 3.59. The van der Waals surface area contributed by atoms with Crippen LogP contribution in [0.15, 0.2) is 48.5 Å². The van der Waals surface area contributed by atoms with Gasteiger partial charge in [0.05, 0.1) is 5.69 Å². The smallest absolute Gasteiger partial charge is 0.253 e. The average molecular weight is 370 g/mol. The Balaban J connectivity index is 1.46. The molecule has 1 saturated heterocycles. The number of piperazine rings is 1. The second kappa shape index (κ2) is 7.09. The molecule has 2 aromatic carbocycles. The predicted molar refractivity (Wildman–Crippen MR) is 101 cm³/mol. The van der Waals surface area contributed by atoms with Gasteiger partial charge in [-0.2, -0.15) is 0 Å². The highest BCUT2D eigenvalue weighted by atomic mass is 35.5. The number of aryl methyl sites for hydroxylation is 1. The first-order chi connectivity index (χ1) is 12.6. The van der Waals surface area contributed by atoms with Gasteiger partial charge in [0.1, 0.15) is 0 Å². The summed E-state index contributed by atoms with van der Waals surface area (Å²) in [6, 6.07) is 15.0. The van der Waals surface area contributed by atoms with Crippen molar-refractivity contribution < 1.29 is 9.59 Å². The Labute approximate surface area is 157 Å². The Morgan fingerprint density at radius 1 is 0.885 bits per heavy atom. The van der Waals surface area contributed by atoms with E-state index in [-0.39, 0.29) is 11.8 Å². The summed E-state index contributed by atoms with van der Waals surface area (Å²) >= 11 is 5.89. The molecule has 134 valence electrons. The molecule has 2 amide bonds. The van der Waals surface area contributed by atoms with Crippen LogP contribution in [0.2, 0.25) is 5.02 Å². The summed E-state index contributed by atoms with van der Waals surface area (Å²) in [6.45, 7) is 2.46. The Hall–Kier alpha value is -2.37. The minimum atomic E-state index is 0.00619. The van der Waals surface area contributed by atoms with Crippen molar-refractivity contribution >= 4 is 29.1 Å². The molecule has 0 radical (unpaired) electrons. The lowest BCUT2D eigenvalue weighted by molar-refractivity contribution is -0.122. The lowest BCUT2D eigenvalue weighted by Gasteiger charge is -2.43. The molecule has 2 aliphatic rings. The van der Waals surface area contributed by atoms with E-state index in [1.165, 1.54) is 5.56 Å². The highest BCUT2D eigenvalue weighted by Crippen LogP contribution is 2.29. The van der Waals surface area contributed by atoms with Crippen LogP contribution in [-0.4, -0.2) is 47.9 Å². The van der Waals surface area contributed by atoms with Crippen LogP contribution in [0.1, 0.15) is 22.3 Å². The number of halogens is 1. The number of nitrogens with zero attached hydrogens (tertiary/aromatic N) is 3. The number of benzene rings is 2. The third-order valence-electron chi connectivity index (χ3n) is 4.98. The topological polar surface area (TPSA) is 43.9 Å². The molecular weight excluding hydrogens is 350 g/mol. The van der Waals surface area contributed by atoms with E-state index in [1.54, 1.807) is 24.3 Å².